The van der Waals surface area contributed by atoms with Crippen molar-refractivity contribution in [3.05, 3.63) is 0 Å². The Balaban J connectivity index is -0.0000000800. The van der Waals surface area contributed by atoms with Crippen molar-refractivity contribution in [3.63, 3.8) is 0 Å². The number of carbonyl (C=O) groups is 1. The number of hydrogen-bond donors (Lipinski definition) is 2. The number of hydrogen-bond acceptors (Lipinski definition) is 2. The van der Waals surface area contributed by atoms with Crippen molar-refractivity contribution < 1.29 is 15.0 Å². The summed E-state index contributed by atoms with van der Waals surface area (Å²) >= 11 is 0. The maximum absolute atomic E-state index is 9.12. The minimum atomic E-state index is -1.19. The Morgan fingerprint density at radius 3 is 1.57 bits per heavy atom. The van der Waals surface area contributed by atoms with Crippen molar-refractivity contribution in [2.75, 3.05) is 6.61 Å². The number of carboxylic acid groups (broad SMARTS) is 1. The summed E-state index contributed by atoms with van der Waals surface area (Å²) in [6.07, 6.45) is 0. The first kappa shape index (κ1) is 16.4. The van der Waals surface area contributed by atoms with Gasteiger partial charge in [-0.25, -0.2) is 4.79 Å². The molecule has 0 aliphatic heterocycles. The van der Waals surface area contributed by atoms with Gasteiger partial charge in [-0.05, 0) is 0 Å². The van der Waals surface area contributed by atoms with E-state index in [1.165, 1.54) is 0 Å². The molecule has 0 aromatic rings. The molecule has 0 aliphatic carbocycles. The van der Waals surface area contributed by atoms with Gasteiger partial charge in [0.2, 0.25) is 0 Å². The topological polar surface area (TPSA) is 57.5 Å². The fourth-order valence-corrected chi connectivity index (χ4v) is 0. The molecule has 0 amide bonds. The van der Waals surface area contributed by atoms with Crippen LogP contribution in [0.3, 0.4) is 0 Å². The maximum atomic E-state index is 9.12. The monoisotopic (exact) mass is 156 g/mol. The van der Waals surface area contributed by atoms with Crippen LogP contribution in [0.2, 0.25) is 0 Å². The molecule has 0 rings (SSSR count). The molecule has 0 fully saturated rings. The molecule has 0 aromatic carbocycles. The van der Waals surface area contributed by atoms with Gasteiger partial charge in [0.1, 0.15) is 6.61 Å². The van der Waals surface area contributed by atoms with Gasteiger partial charge in [0.05, 0.1) is 0 Å². The molecule has 0 heterocycles. The molecule has 0 saturated heterocycles. The molecular weight excluding hydrogens is 150 g/mol. The summed E-state index contributed by atoms with van der Waals surface area (Å²) in [7, 11) is 0. The Hall–Kier alpha value is 2.70. The van der Waals surface area contributed by atoms with Crippen molar-refractivity contribution in [3.8, 4) is 0 Å². The van der Waals surface area contributed by atoms with Crippen molar-refractivity contribution in [1.29, 1.82) is 0 Å². The van der Waals surface area contributed by atoms with E-state index in [0.717, 1.165) is 0 Å². The Labute approximate surface area is 127 Å². The Morgan fingerprint density at radius 1 is 1.43 bits per heavy atom. The van der Waals surface area contributed by atoms with Crippen LogP contribution in [0.4, 0.5) is 0 Å². The normalized spacial score (nSPS) is 5.29. The van der Waals surface area contributed by atoms with Crippen LogP contribution in [0.5, 0.6) is 0 Å². The SMILES string of the molecule is O=C(O)CO.[KH].[KH]. The molecule has 0 atom stereocenters. The second-order valence-corrected chi connectivity index (χ2v) is 0.552. The van der Waals surface area contributed by atoms with E-state index >= 15 is 0 Å². The van der Waals surface area contributed by atoms with E-state index in [0.29, 0.717) is 0 Å². The molecule has 0 aromatic heterocycles. The van der Waals surface area contributed by atoms with Gasteiger partial charge >= 0.3 is 109 Å². The molecule has 5 heteroatoms. The third kappa shape index (κ3) is 17.7. The molecule has 0 saturated carbocycles. The van der Waals surface area contributed by atoms with Crippen LogP contribution in [0.1, 0.15) is 0 Å². The Bertz CT molecular complexity index is 46.2. The van der Waals surface area contributed by atoms with Gasteiger partial charge in [0.25, 0.3) is 0 Å². The summed E-state index contributed by atoms with van der Waals surface area (Å²) in [5.74, 6) is -1.19. The van der Waals surface area contributed by atoms with Crippen LogP contribution in [-0.2, 0) is 4.79 Å². The molecule has 0 unspecified atom stereocenters. The number of aliphatic hydroxyl groups is 1. The molecule has 0 spiro atoms. The molecule has 2 N–H and O–H groups in total. The standard InChI is InChI=1S/C2H4O3.2K.2H/c3-1-2(4)5;;;;/h3H,1H2,(H,4,5);;;;. The second-order valence-electron chi connectivity index (χ2n) is 0.552. The van der Waals surface area contributed by atoms with Crippen molar-refractivity contribution >= 4 is 109 Å². The van der Waals surface area contributed by atoms with E-state index in [1.54, 1.807) is 0 Å². The number of aliphatic hydroxyl groups excluding tert-OH is 1. The molecule has 0 bridgehead atoms. The average Bonchev–Trinajstić information content (AvgIpc) is 1.38. The van der Waals surface area contributed by atoms with Crippen LogP contribution in [-0.4, -0.2) is 126 Å². The zero-order valence-corrected chi connectivity index (χ0v) is 2.51. The Morgan fingerprint density at radius 2 is 1.57 bits per heavy atom. The first-order valence-electron chi connectivity index (χ1n) is 1.10. The van der Waals surface area contributed by atoms with Gasteiger partial charge in [0, 0.05) is 0 Å². The number of carboxylic acids is 1. The van der Waals surface area contributed by atoms with Crippen LogP contribution in [0.15, 0.2) is 0 Å². The molecule has 3 nitrogen and oxygen atoms in total. The summed E-state index contributed by atoms with van der Waals surface area (Å²) in [6.45, 7) is -0.778. The fourth-order valence-electron chi connectivity index (χ4n) is 0. The molecule has 0 aliphatic rings. The molecule has 34 valence electrons. The van der Waals surface area contributed by atoms with Gasteiger partial charge in [-0.3, -0.25) is 0 Å². The third-order valence-corrected chi connectivity index (χ3v) is 0.135. The summed E-state index contributed by atoms with van der Waals surface area (Å²) < 4.78 is 0. The summed E-state index contributed by atoms with van der Waals surface area (Å²) in [5, 5.41) is 15.0. The first-order valence-corrected chi connectivity index (χ1v) is 1.10. The molecule has 7 heavy (non-hydrogen) atoms. The zero-order valence-electron chi connectivity index (χ0n) is 2.51. The zero-order chi connectivity index (χ0) is 4.28. The average molecular weight is 156 g/mol. The van der Waals surface area contributed by atoms with Crippen LogP contribution >= 0.6 is 0 Å². The van der Waals surface area contributed by atoms with E-state index in [9.17, 15) is 0 Å². The summed E-state index contributed by atoms with van der Waals surface area (Å²) in [6, 6.07) is 0. The first-order chi connectivity index (χ1) is 2.27. The molecule has 0 radical (unpaired) electrons. The van der Waals surface area contributed by atoms with E-state index in [2.05, 4.69) is 0 Å². The van der Waals surface area contributed by atoms with Crippen LogP contribution in [0, 0.1) is 0 Å². The van der Waals surface area contributed by atoms with E-state index < -0.39 is 12.6 Å². The Kier molecular flexibility index (Phi) is 26.9. The van der Waals surface area contributed by atoms with Gasteiger partial charge in [0.15, 0.2) is 0 Å². The third-order valence-electron chi connectivity index (χ3n) is 0.135. The van der Waals surface area contributed by atoms with Gasteiger partial charge in [-0.2, -0.15) is 0 Å². The van der Waals surface area contributed by atoms with Crippen molar-refractivity contribution in [2.45, 2.75) is 0 Å². The van der Waals surface area contributed by atoms with Crippen LogP contribution in [0.25, 0.3) is 0 Å². The van der Waals surface area contributed by atoms with Crippen molar-refractivity contribution in [1.82, 2.24) is 0 Å². The van der Waals surface area contributed by atoms with Gasteiger partial charge in [-0.1, -0.05) is 0 Å². The van der Waals surface area contributed by atoms with E-state index in [-0.39, 0.29) is 103 Å². The fraction of sp³-hybridized carbons (Fsp3) is 0.500. The van der Waals surface area contributed by atoms with E-state index in [4.69, 9.17) is 15.0 Å². The molecular formula is C2H6K2O3. The van der Waals surface area contributed by atoms with Gasteiger partial charge < -0.3 is 10.2 Å². The number of aliphatic carboxylic acids is 1. The minimum absolute atomic E-state index is 0. The number of rotatable bonds is 1. The summed E-state index contributed by atoms with van der Waals surface area (Å²) in [5.41, 5.74) is 0. The van der Waals surface area contributed by atoms with Crippen molar-refractivity contribution in [2.24, 2.45) is 0 Å². The summed E-state index contributed by atoms with van der Waals surface area (Å²) in [4.78, 5) is 9.12. The van der Waals surface area contributed by atoms with E-state index in [1.807, 2.05) is 0 Å². The predicted molar refractivity (Wildman–Crippen MR) is 29.0 cm³/mol. The quantitative estimate of drug-likeness (QED) is 0.422. The van der Waals surface area contributed by atoms with Crippen LogP contribution < -0.4 is 0 Å². The predicted octanol–water partition coefficient (Wildman–Crippen LogP) is -2.23. The second kappa shape index (κ2) is 11.5. The van der Waals surface area contributed by atoms with Gasteiger partial charge in [-0.15, -0.1) is 0 Å².